The minimum Gasteiger partial charge on any atom is -1.00 e. The van der Waals surface area contributed by atoms with Gasteiger partial charge in [0, 0.05) is 29.6 Å². The second-order valence-electron chi connectivity index (χ2n) is 11.9. The van der Waals surface area contributed by atoms with E-state index in [1.54, 1.807) is 0 Å². The Labute approximate surface area is 230 Å². The first-order chi connectivity index (χ1) is 17.1. The van der Waals surface area contributed by atoms with Gasteiger partial charge in [-0.25, -0.2) is 4.99 Å². The van der Waals surface area contributed by atoms with Crippen molar-refractivity contribution in [1.29, 1.82) is 0 Å². The third kappa shape index (κ3) is 7.46. The summed E-state index contributed by atoms with van der Waals surface area (Å²) in [4.78, 5) is 3.57. The maximum absolute atomic E-state index is 3.57. The molecule has 0 spiro atoms. The third-order valence-corrected chi connectivity index (χ3v) is 6.86. The molecule has 3 aromatic rings. The van der Waals surface area contributed by atoms with Crippen LogP contribution in [0.25, 0.3) is 5.57 Å². The first-order valence-corrected chi connectivity index (χ1v) is 13.2. The zero-order chi connectivity index (χ0) is 25.8. The summed E-state index contributed by atoms with van der Waals surface area (Å²) >= 11 is 0. The summed E-state index contributed by atoms with van der Waals surface area (Å²) < 4.78 is 0. The standard InChI is InChI=1S/C34H40N2.ClH/c1-33(2,3)28-20-27(21-29(22-28)34(4,5)6)32-25(23-35-30-16-9-7-10-17-30)14-13-15-26(32)24-36-31-18-11-8-12-19-31;/h7-12,16-24,35H,13-15H2,1-6H3;1H/b25-23+,36-24?;. The van der Waals surface area contributed by atoms with E-state index in [0.717, 1.165) is 30.6 Å². The van der Waals surface area contributed by atoms with E-state index in [-0.39, 0.29) is 23.2 Å². The first kappa shape index (κ1) is 28.5. The van der Waals surface area contributed by atoms with Crippen LogP contribution in [0.5, 0.6) is 0 Å². The Hall–Kier alpha value is -3.10. The van der Waals surface area contributed by atoms with Gasteiger partial charge in [-0.05, 0) is 70.1 Å². The van der Waals surface area contributed by atoms with Crippen molar-refractivity contribution >= 4 is 23.2 Å². The van der Waals surface area contributed by atoms with Crippen LogP contribution in [0, 0.1) is 0 Å². The molecule has 0 fully saturated rings. The SMILES string of the molecule is CC(C)(C)c1cc(C2=C(C=[NH+]c3ccccc3)CCC/C2=C\Nc2ccccc2)cc(C(C)(C)C)c1.[Cl-]. The maximum atomic E-state index is 3.57. The Morgan fingerprint density at radius 2 is 1.30 bits per heavy atom. The minimum absolute atomic E-state index is 0. The third-order valence-electron chi connectivity index (χ3n) is 6.86. The van der Waals surface area contributed by atoms with Crippen LogP contribution in [0.1, 0.15) is 77.5 Å². The lowest BCUT2D eigenvalue weighted by Gasteiger charge is -2.28. The number of para-hydroxylation sites is 2. The van der Waals surface area contributed by atoms with Gasteiger partial charge in [0.05, 0.1) is 0 Å². The average Bonchev–Trinajstić information content (AvgIpc) is 2.86. The predicted molar refractivity (Wildman–Crippen MR) is 156 cm³/mol. The number of anilines is 1. The van der Waals surface area contributed by atoms with Crippen LogP contribution in [-0.2, 0) is 10.8 Å². The van der Waals surface area contributed by atoms with Crippen molar-refractivity contribution in [3.8, 4) is 0 Å². The Balaban J connectivity index is 0.00000380. The fourth-order valence-corrected chi connectivity index (χ4v) is 4.63. The molecule has 0 bridgehead atoms. The van der Waals surface area contributed by atoms with Gasteiger partial charge in [0.25, 0.3) is 0 Å². The molecule has 0 heterocycles. The topological polar surface area (TPSA) is 26.0 Å². The molecule has 2 nitrogen and oxygen atoms in total. The molecule has 37 heavy (non-hydrogen) atoms. The van der Waals surface area contributed by atoms with Crippen LogP contribution in [0.15, 0.2) is 96.2 Å². The van der Waals surface area contributed by atoms with Crippen molar-refractivity contribution in [1.82, 2.24) is 0 Å². The minimum atomic E-state index is 0. The summed E-state index contributed by atoms with van der Waals surface area (Å²) in [5, 5.41) is 3.57. The van der Waals surface area contributed by atoms with Gasteiger partial charge in [0.15, 0.2) is 6.21 Å². The van der Waals surface area contributed by atoms with Gasteiger partial charge in [0.1, 0.15) is 0 Å². The Morgan fingerprint density at radius 3 is 1.86 bits per heavy atom. The van der Waals surface area contributed by atoms with Gasteiger partial charge in [-0.15, -0.1) is 0 Å². The number of nitrogens with one attached hydrogen (secondary N) is 2. The number of hydrogen-bond acceptors (Lipinski definition) is 1. The maximum Gasteiger partial charge on any atom is 0.203 e. The molecule has 194 valence electrons. The summed E-state index contributed by atoms with van der Waals surface area (Å²) in [6.45, 7) is 13.9. The van der Waals surface area contributed by atoms with Crippen molar-refractivity contribution in [2.24, 2.45) is 0 Å². The smallest absolute Gasteiger partial charge is 0.203 e. The first-order valence-electron chi connectivity index (χ1n) is 13.2. The quantitative estimate of drug-likeness (QED) is 0.476. The predicted octanol–water partition coefficient (Wildman–Crippen LogP) is 4.70. The zero-order valence-electron chi connectivity index (χ0n) is 23.2. The van der Waals surface area contributed by atoms with E-state index in [1.165, 1.54) is 33.4 Å². The Morgan fingerprint density at radius 1 is 0.730 bits per heavy atom. The van der Waals surface area contributed by atoms with Gasteiger partial charge < -0.3 is 17.7 Å². The van der Waals surface area contributed by atoms with E-state index < -0.39 is 0 Å². The summed E-state index contributed by atoms with van der Waals surface area (Å²) in [6, 6.07) is 28.1. The average molecular weight is 513 g/mol. The van der Waals surface area contributed by atoms with Crippen molar-refractivity contribution < 1.29 is 17.4 Å². The van der Waals surface area contributed by atoms with Gasteiger partial charge in [-0.2, -0.15) is 0 Å². The molecule has 0 saturated heterocycles. The molecular weight excluding hydrogens is 472 g/mol. The van der Waals surface area contributed by atoms with Crippen LogP contribution in [0.4, 0.5) is 11.4 Å². The molecule has 4 rings (SSSR count). The fraction of sp³-hybridized carbons (Fsp3) is 0.324. The van der Waals surface area contributed by atoms with Crippen LogP contribution >= 0.6 is 0 Å². The van der Waals surface area contributed by atoms with Gasteiger partial charge in [0.2, 0.25) is 5.69 Å². The summed E-state index contributed by atoms with van der Waals surface area (Å²) in [6.07, 6.45) is 7.70. The number of rotatable bonds is 5. The van der Waals surface area contributed by atoms with E-state index in [2.05, 4.69) is 143 Å². The van der Waals surface area contributed by atoms with Crippen molar-refractivity contribution in [3.05, 3.63) is 113 Å². The highest BCUT2D eigenvalue weighted by molar-refractivity contribution is 5.96. The van der Waals surface area contributed by atoms with Gasteiger partial charge in [-0.3, -0.25) is 0 Å². The summed E-state index contributed by atoms with van der Waals surface area (Å²) in [5.41, 5.74) is 10.5. The second kappa shape index (κ2) is 12.0. The molecule has 0 saturated carbocycles. The molecule has 1 aliphatic rings. The van der Waals surface area contributed by atoms with Gasteiger partial charge in [-0.1, -0.05) is 96.1 Å². The molecule has 3 aromatic carbocycles. The van der Waals surface area contributed by atoms with Crippen molar-refractivity contribution in [2.45, 2.75) is 71.6 Å². The molecule has 0 radical (unpaired) electrons. The molecule has 1 aliphatic carbocycles. The zero-order valence-corrected chi connectivity index (χ0v) is 23.9. The second-order valence-corrected chi connectivity index (χ2v) is 11.9. The highest BCUT2D eigenvalue weighted by Gasteiger charge is 2.25. The molecule has 0 atom stereocenters. The fourth-order valence-electron chi connectivity index (χ4n) is 4.63. The molecule has 0 amide bonds. The van der Waals surface area contributed by atoms with E-state index in [4.69, 9.17) is 0 Å². The highest BCUT2D eigenvalue weighted by atomic mass is 35.5. The van der Waals surface area contributed by atoms with Gasteiger partial charge >= 0.3 is 0 Å². The molecular formula is C34H41ClN2. The summed E-state index contributed by atoms with van der Waals surface area (Å²) in [7, 11) is 0. The van der Waals surface area contributed by atoms with E-state index in [9.17, 15) is 0 Å². The van der Waals surface area contributed by atoms with Crippen LogP contribution < -0.4 is 22.7 Å². The Bertz CT molecular complexity index is 1240. The van der Waals surface area contributed by atoms with Crippen LogP contribution in [0.2, 0.25) is 0 Å². The lowest BCUT2D eigenvalue weighted by atomic mass is 9.76. The highest BCUT2D eigenvalue weighted by Crippen LogP contribution is 2.39. The van der Waals surface area contributed by atoms with E-state index >= 15 is 0 Å². The molecule has 0 aliphatic heterocycles. The molecule has 0 unspecified atom stereocenters. The number of allylic oxidation sites excluding steroid dienone is 3. The van der Waals surface area contributed by atoms with Crippen molar-refractivity contribution in [2.75, 3.05) is 5.32 Å². The normalized spacial score (nSPS) is 15.7. The molecule has 2 N–H and O–H groups in total. The Kier molecular flexibility index (Phi) is 9.21. The number of halogens is 1. The summed E-state index contributed by atoms with van der Waals surface area (Å²) in [5.74, 6) is 0. The van der Waals surface area contributed by atoms with Crippen LogP contribution in [-0.4, -0.2) is 6.21 Å². The lowest BCUT2D eigenvalue weighted by Crippen LogP contribution is -3.00. The molecule has 3 heteroatoms. The lowest BCUT2D eigenvalue weighted by molar-refractivity contribution is -0.347. The van der Waals surface area contributed by atoms with Crippen LogP contribution in [0.3, 0.4) is 0 Å². The van der Waals surface area contributed by atoms with Crippen molar-refractivity contribution in [3.63, 3.8) is 0 Å². The van der Waals surface area contributed by atoms with E-state index in [0.29, 0.717) is 0 Å². The largest absolute Gasteiger partial charge is 1.00 e. The van der Waals surface area contributed by atoms with E-state index in [1.807, 2.05) is 0 Å². The molecule has 0 aromatic heterocycles. The monoisotopic (exact) mass is 512 g/mol. The number of hydrogen-bond donors (Lipinski definition) is 2. The number of benzene rings is 3.